The number of allylic oxidation sites excluding steroid dienone is 1. The van der Waals surface area contributed by atoms with E-state index in [1.165, 1.54) is 0 Å². The second-order valence-electron chi connectivity index (χ2n) is 7.06. The Balaban J connectivity index is 2.11. The maximum absolute atomic E-state index is 12.9. The number of halogens is 2. The maximum Gasteiger partial charge on any atom is 0.253 e. The molecule has 6 heteroatoms. The molecular formula is C17H25F2N3O. The Hall–Kier alpha value is -1.72. The molecule has 0 saturated heterocycles. The highest BCUT2D eigenvalue weighted by Gasteiger charge is 2.56. The summed E-state index contributed by atoms with van der Waals surface area (Å²) in [7, 11) is 0. The summed E-state index contributed by atoms with van der Waals surface area (Å²) in [5, 5.41) is 5.93. The van der Waals surface area contributed by atoms with Gasteiger partial charge in [-0.3, -0.25) is 4.79 Å². The van der Waals surface area contributed by atoms with Crippen LogP contribution in [-0.2, 0) is 4.79 Å². The quantitative estimate of drug-likeness (QED) is 0.429. The molecule has 0 spiro atoms. The molecule has 23 heavy (non-hydrogen) atoms. The fourth-order valence-electron chi connectivity index (χ4n) is 2.54. The number of hydrogen-bond acceptors (Lipinski definition) is 3. The van der Waals surface area contributed by atoms with Crippen LogP contribution in [0.5, 0.6) is 0 Å². The first-order valence-corrected chi connectivity index (χ1v) is 7.89. The second kappa shape index (κ2) is 6.06. The molecule has 0 aromatic rings. The van der Waals surface area contributed by atoms with E-state index in [4.69, 9.17) is 0 Å². The Labute approximate surface area is 136 Å². The smallest absolute Gasteiger partial charge is 0.253 e. The highest BCUT2D eigenvalue weighted by atomic mass is 19.3. The van der Waals surface area contributed by atoms with Crippen LogP contribution in [0.1, 0.15) is 47.0 Å². The number of carbonyl (C=O) groups is 1. The van der Waals surface area contributed by atoms with Gasteiger partial charge in [-0.25, -0.2) is 13.8 Å². The van der Waals surface area contributed by atoms with Crippen LogP contribution in [0.4, 0.5) is 8.78 Å². The van der Waals surface area contributed by atoms with E-state index in [0.29, 0.717) is 17.0 Å². The molecule has 0 aromatic carbocycles. The molecule has 0 radical (unpaired) electrons. The van der Waals surface area contributed by atoms with Crippen molar-refractivity contribution >= 4 is 12.6 Å². The van der Waals surface area contributed by atoms with Gasteiger partial charge in [-0.2, -0.15) is 0 Å². The average molecular weight is 325 g/mol. The van der Waals surface area contributed by atoms with Gasteiger partial charge in [-0.1, -0.05) is 5.57 Å². The van der Waals surface area contributed by atoms with Gasteiger partial charge >= 0.3 is 0 Å². The first-order valence-electron chi connectivity index (χ1n) is 7.89. The van der Waals surface area contributed by atoms with Crippen molar-refractivity contribution in [2.45, 2.75) is 58.4 Å². The molecule has 4 nitrogen and oxygen atoms in total. The van der Waals surface area contributed by atoms with Crippen LogP contribution < -0.4 is 10.6 Å². The fourth-order valence-corrected chi connectivity index (χ4v) is 2.54. The van der Waals surface area contributed by atoms with E-state index in [9.17, 15) is 13.6 Å². The molecule has 2 N–H and O–H groups in total. The van der Waals surface area contributed by atoms with Gasteiger partial charge in [0.1, 0.15) is 5.82 Å². The Morgan fingerprint density at radius 2 is 1.87 bits per heavy atom. The number of hydrogen-bond donors (Lipinski definition) is 2. The van der Waals surface area contributed by atoms with E-state index in [1.807, 2.05) is 13.8 Å². The number of carbonyl (C=O) groups excluding carboxylic acids is 1. The Bertz CT molecular complexity index is 585. The lowest BCUT2D eigenvalue weighted by atomic mass is 10.0. The van der Waals surface area contributed by atoms with Crippen molar-refractivity contribution in [3.63, 3.8) is 0 Å². The number of alkyl halides is 2. The van der Waals surface area contributed by atoms with E-state index in [-0.39, 0.29) is 24.4 Å². The summed E-state index contributed by atoms with van der Waals surface area (Å²) in [5.41, 5.74) is 1.99. The molecule has 2 fully saturated rings. The van der Waals surface area contributed by atoms with Gasteiger partial charge in [0.25, 0.3) is 11.8 Å². The van der Waals surface area contributed by atoms with Crippen molar-refractivity contribution in [2.75, 3.05) is 6.54 Å². The van der Waals surface area contributed by atoms with Crippen molar-refractivity contribution < 1.29 is 13.6 Å². The molecule has 2 aliphatic rings. The zero-order chi connectivity index (χ0) is 17.4. The van der Waals surface area contributed by atoms with Crippen LogP contribution in [-0.4, -0.2) is 30.6 Å². The molecule has 2 rings (SSSR count). The summed E-state index contributed by atoms with van der Waals surface area (Å²) in [6.07, 6.45) is 1.95. The summed E-state index contributed by atoms with van der Waals surface area (Å²) >= 11 is 0. The highest BCUT2D eigenvalue weighted by Crippen LogP contribution is 2.48. The second-order valence-corrected chi connectivity index (χ2v) is 7.06. The number of nitrogens with zero attached hydrogens (tertiary/aromatic N) is 1. The summed E-state index contributed by atoms with van der Waals surface area (Å²) < 4.78 is 25.9. The minimum Gasteiger partial charge on any atom is -0.365 e. The summed E-state index contributed by atoms with van der Waals surface area (Å²) in [5.74, 6) is -3.13. The molecule has 0 heterocycles. The zero-order valence-electron chi connectivity index (χ0n) is 14.2. The van der Waals surface area contributed by atoms with Gasteiger partial charge in [0.15, 0.2) is 0 Å². The van der Waals surface area contributed by atoms with Gasteiger partial charge in [0, 0.05) is 35.6 Å². The van der Waals surface area contributed by atoms with Crippen LogP contribution in [0.15, 0.2) is 27.5 Å². The molecule has 0 bridgehead atoms. The van der Waals surface area contributed by atoms with E-state index in [2.05, 4.69) is 29.3 Å². The maximum atomic E-state index is 12.9. The van der Waals surface area contributed by atoms with Crippen molar-refractivity contribution in [2.24, 2.45) is 10.9 Å². The van der Waals surface area contributed by atoms with E-state index >= 15 is 0 Å². The predicted octanol–water partition coefficient (Wildman–Crippen LogP) is 3.17. The first kappa shape index (κ1) is 17.6. The molecule has 2 saturated carbocycles. The SMILES string of the molecule is C=N/C(NC1(C)CC1)=C(\C)C(C(=O)NCC1CC1(F)F)=C(C)C. The Kier molecular flexibility index (Phi) is 4.64. The topological polar surface area (TPSA) is 53.5 Å². The molecule has 1 unspecified atom stereocenters. The normalized spacial score (nSPS) is 24.2. The first-order chi connectivity index (χ1) is 10.6. The van der Waals surface area contributed by atoms with Crippen LogP contribution >= 0.6 is 0 Å². The molecule has 0 aliphatic heterocycles. The Morgan fingerprint density at radius 1 is 1.30 bits per heavy atom. The van der Waals surface area contributed by atoms with E-state index < -0.39 is 11.8 Å². The van der Waals surface area contributed by atoms with Crippen molar-refractivity contribution in [1.82, 2.24) is 10.6 Å². The van der Waals surface area contributed by atoms with Crippen LogP contribution in [0, 0.1) is 5.92 Å². The molecule has 0 aromatic heterocycles. The van der Waals surface area contributed by atoms with Crippen LogP contribution in [0.2, 0.25) is 0 Å². The van der Waals surface area contributed by atoms with E-state index in [0.717, 1.165) is 18.4 Å². The van der Waals surface area contributed by atoms with Crippen molar-refractivity contribution in [3.05, 3.63) is 22.5 Å². The number of amides is 1. The van der Waals surface area contributed by atoms with Crippen molar-refractivity contribution in [1.29, 1.82) is 0 Å². The third kappa shape index (κ3) is 4.18. The average Bonchev–Trinajstić information content (AvgIpc) is 3.32. The minimum absolute atomic E-state index is 0.00209. The summed E-state index contributed by atoms with van der Waals surface area (Å²) in [6, 6.07) is 0. The monoisotopic (exact) mass is 325 g/mol. The molecule has 2 aliphatic carbocycles. The third-order valence-corrected chi connectivity index (χ3v) is 4.50. The van der Waals surface area contributed by atoms with Gasteiger partial charge < -0.3 is 10.6 Å². The number of aliphatic imine (C=N–C) groups is 1. The van der Waals surface area contributed by atoms with E-state index in [1.54, 1.807) is 6.92 Å². The molecule has 128 valence electrons. The van der Waals surface area contributed by atoms with Gasteiger partial charge in [-0.05, 0) is 47.3 Å². The lowest BCUT2D eigenvalue weighted by molar-refractivity contribution is -0.117. The number of nitrogens with one attached hydrogen (secondary N) is 2. The van der Waals surface area contributed by atoms with Gasteiger partial charge in [0.2, 0.25) is 0 Å². The predicted molar refractivity (Wildman–Crippen MR) is 87.5 cm³/mol. The zero-order valence-corrected chi connectivity index (χ0v) is 14.2. The van der Waals surface area contributed by atoms with Crippen molar-refractivity contribution in [3.8, 4) is 0 Å². The highest BCUT2D eigenvalue weighted by molar-refractivity contribution is 5.98. The number of rotatable bonds is 7. The largest absolute Gasteiger partial charge is 0.365 e. The van der Waals surface area contributed by atoms with Gasteiger partial charge in [-0.15, -0.1) is 0 Å². The standard InChI is InChI=1S/C17H25F2N3O/c1-10(2)13(15(23)21-9-12-8-17(12,18)19)11(3)14(20-5)22-16(4)6-7-16/h12,22H,5-9H2,1-4H3,(H,21,23)/b14-11-. The molecular weight excluding hydrogens is 300 g/mol. The minimum atomic E-state index is -2.63. The Morgan fingerprint density at radius 3 is 2.26 bits per heavy atom. The fraction of sp³-hybridized carbons (Fsp3) is 0.647. The lowest BCUT2D eigenvalue weighted by Crippen LogP contribution is -2.31. The molecule has 1 amide bonds. The summed E-state index contributed by atoms with van der Waals surface area (Å²) in [4.78, 5) is 16.4. The van der Waals surface area contributed by atoms with Crippen LogP contribution in [0.3, 0.4) is 0 Å². The molecule has 1 atom stereocenters. The lowest BCUT2D eigenvalue weighted by Gasteiger charge is -2.18. The summed E-state index contributed by atoms with van der Waals surface area (Å²) in [6.45, 7) is 11.1. The van der Waals surface area contributed by atoms with Crippen LogP contribution in [0.25, 0.3) is 0 Å². The van der Waals surface area contributed by atoms with Gasteiger partial charge in [0.05, 0.1) is 0 Å². The third-order valence-electron chi connectivity index (χ3n) is 4.50.